The van der Waals surface area contributed by atoms with Crippen molar-refractivity contribution in [1.29, 1.82) is 0 Å². The van der Waals surface area contributed by atoms with Gasteiger partial charge in [0, 0.05) is 17.5 Å². The van der Waals surface area contributed by atoms with E-state index in [-0.39, 0.29) is 6.61 Å². The highest BCUT2D eigenvalue weighted by molar-refractivity contribution is 5.95. The SMILES string of the molecule is Cc1cccc(C)c1OCC(=O)NNC(=O)c1ccc(-n2nccc2C)cc1. The van der Waals surface area contributed by atoms with E-state index in [1.807, 2.05) is 45.0 Å². The average molecular weight is 378 g/mol. The maximum Gasteiger partial charge on any atom is 0.276 e. The van der Waals surface area contributed by atoms with Crippen LogP contribution in [0.4, 0.5) is 0 Å². The number of carbonyl (C=O) groups excluding carboxylic acids is 2. The van der Waals surface area contributed by atoms with Gasteiger partial charge in [-0.05, 0) is 62.2 Å². The molecule has 2 amide bonds. The first-order valence-electron chi connectivity index (χ1n) is 8.85. The predicted molar refractivity (Wildman–Crippen MR) is 105 cm³/mol. The van der Waals surface area contributed by atoms with Gasteiger partial charge in [-0.2, -0.15) is 5.10 Å². The minimum atomic E-state index is -0.445. The summed E-state index contributed by atoms with van der Waals surface area (Å²) in [5, 5.41) is 4.22. The first kappa shape index (κ1) is 19.2. The Balaban J connectivity index is 1.52. The van der Waals surface area contributed by atoms with Crippen LogP contribution in [0.2, 0.25) is 0 Å². The van der Waals surface area contributed by atoms with Crippen molar-refractivity contribution in [3.05, 3.63) is 77.1 Å². The number of ether oxygens (including phenoxy) is 1. The second-order valence-corrected chi connectivity index (χ2v) is 6.44. The number of carbonyl (C=O) groups is 2. The smallest absolute Gasteiger partial charge is 0.276 e. The second-order valence-electron chi connectivity index (χ2n) is 6.44. The molecule has 0 bridgehead atoms. The van der Waals surface area contributed by atoms with E-state index in [1.165, 1.54) is 0 Å². The Morgan fingerprint density at radius 3 is 2.25 bits per heavy atom. The van der Waals surface area contributed by atoms with Crippen molar-refractivity contribution in [2.45, 2.75) is 20.8 Å². The van der Waals surface area contributed by atoms with E-state index in [1.54, 1.807) is 35.1 Å². The van der Waals surface area contributed by atoms with Crippen LogP contribution >= 0.6 is 0 Å². The molecule has 0 fully saturated rings. The summed E-state index contributed by atoms with van der Waals surface area (Å²) in [6.07, 6.45) is 1.71. The van der Waals surface area contributed by atoms with Crippen molar-refractivity contribution in [3.8, 4) is 11.4 Å². The summed E-state index contributed by atoms with van der Waals surface area (Å²) in [6.45, 7) is 5.58. The molecule has 7 nitrogen and oxygen atoms in total. The lowest BCUT2D eigenvalue weighted by atomic mass is 10.1. The van der Waals surface area contributed by atoms with E-state index < -0.39 is 11.8 Å². The number of hydrazine groups is 1. The van der Waals surface area contributed by atoms with E-state index >= 15 is 0 Å². The Bertz CT molecular complexity index is 973. The molecule has 3 aromatic rings. The Morgan fingerprint density at radius 1 is 0.964 bits per heavy atom. The van der Waals surface area contributed by atoms with Gasteiger partial charge in [0.05, 0.1) is 5.69 Å². The Morgan fingerprint density at radius 2 is 1.64 bits per heavy atom. The zero-order chi connectivity index (χ0) is 20.1. The number of nitrogens with one attached hydrogen (secondary N) is 2. The third kappa shape index (κ3) is 4.37. The van der Waals surface area contributed by atoms with Crippen LogP contribution in [-0.2, 0) is 4.79 Å². The third-order valence-electron chi connectivity index (χ3n) is 4.28. The maximum atomic E-state index is 12.2. The highest BCUT2D eigenvalue weighted by atomic mass is 16.5. The molecule has 0 aliphatic heterocycles. The van der Waals surface area contributed by atoms with Crippen molar-refractivity contribution < 1.29 is 14.3 Å². The molecule has 2 N–H and O–H groups in total. The Labute approximate surface area is 163 Å². The van der Waals surface area contributed by atoms with Crippen LogP contribution in [0.3, 0.4) is 0 Å². The van der Waals surface area contributed by atoms with Crippen molar-refractivity contribution in [2.24, 2.45) is 0 Å². The first-order chi connectivity index (χ1) is 13.5. The summed E-state index contributed by atoms with van der Waals surface area (Å²) in [7, 11) is 0. The molecule has 0 atom stereocenters. The average Bonchev–Trinajstić information content (AvgIpc) is 3.11. The summed E-state index contributed by atoms with van der Waals surface area (Å²) in [5.41, 5.74) is 8.91. The van der Waals surface area contributed by atoms with Gasteiger partial charge in [-0.15, -0.1) is 0 Å². The van der Waals surface area contributed by atoms with Crippen molar-refractivity contribution in [2.75, 3.05) is 6.61 Å². The van der Waals surface area contributed by atoms with Gasteiger partial charge in [0.25, 0.3) is 11.8 Å². The summed E-state index contributed by atoms with van der Waals surface area (Å²) < 4.78 is 7.33. The van der Waals surface area contributed by atoms with Crippen LogP contribution in [0.5, 0.6) is 5.75 Å². The fourth-order valence-corrected chi connectivity index (χ4v) is 2.79. The van der Waals surface area contributed by atoms with Crippen LogP contribution in [-0.4, -0.2) is 28.2 Å². The molecule has 0 saturated heterocycles. The predicted octanol–water partition coefficient (Wildman–Crippen LogP) is 2.64. The monoisotopic (exact) mass is 378 g/mol. The first-order valence-corrected chi connectivity index (χ1v) is 8.85. The van der Waals surface area contributed by atoms with E-state index in [0.717, 1.165) is 22.5 Å². The molecule has 0 radical (unpaired) electrons. The van der Waals surface area contributed by atoms with E-state index in [0.29, 0.717) is 11.3 Å². The number of hydrogen-bond donors (Lipinski definition) is 2. The standard InChI is InChI=1S/C21H22N4O3/c1-14-5-4-6-15(2)20(14)28-13-19(26)23-24-21(27)17-7-9-18(10-8-17)25-16(3)11-12-22-25/h4-12H,13H2,1-3H3,(H,23,26)(H,24,27). The minimum Gasteiger partial charge on any atom is -0.483 e. The van der Waals surface area contributed by atoms with Crippen molar-refractivity contribution >= 4 is 11.8 Å². The van der Waals surface area contributed by atoms with Crippen LogP contribution in [0, 0.1) is 20.8 Å². The number of hydrogen-bond acceptors (Lipinski definition) is 4. The van der Waals surface area contributed by atoms with E-state index in [2.05, 4.69) is 16.0 Å². The zero-order valence-corrected chi connectivity index (χ0v) is 16.0. The molecule has 1 aromatic heterocycles. The normalized spacial score (nSPS) is 10.4. The van der Waals surface area contributed by atoms with Crippen molar-refractivity contribution in [3.63, 3.8) is 0 Å². The molecule has 0 spiro atoms. The van der Waals surface area contributed by atoms with E-state index in [9.17, 15) is 9.59 Å². The molecule has 0 unspecified atom stereocenters. The summed E-state index contributed by atoms with van der Waals surface area (Å²) in [4.78, 5) is 24.2. The number of amides is 2. The van der Waals surface area contributed by atoms with Gasteiger partial charge in [0.2, 0.25) is 0 Å². The number of para-hydroxylation sites is 1. The summed E-state index contributed by atoms with van der Waals surface area (Å²) in [6, 6.07) is 14.6. The molecule has 28 heavy (non-hydrogen) atoms. The molecule has 0 saturated carbocycles. The maximum absolute atomic E-state index is 12.2. The lowest BCUT2D eigenvalue weighted by Crippen LogP contribution is -2.43. The lowest BCUT2D eigenvalue weighted by Gasteiger charge is -2.12. The van der Waals surface area contributed by atoms with E-state index in [4.69, 9.17) is 4.74 Å². The molecule has 0 aliphatic rings. The van der Waals surface area contributed by atoms with Gasteiger partial charge >= 0.3 is 0 Å². The Kier molecular flexibility index (Phi) is 5.74. The van der Waals surface area contributed by atoms with Gasteiger partial charge in [0.15, 0.2) is 6.61 Å². The highest BCUT2D eigenvalue weighted by Crippen LogP contribution is 2.21. The van der Waals surface area contributed by atoms with Gasteiger partial charge in [-0.1, -0.05) is 18.2 Å². The number of benzene rings is 2. The molecule has 7 heteroatoms. The summed E-state index contributed by atoms with van der Waals surface area (Å²) in [5.74, 6) is -0.183. The number of aromatic nitrogens is 2. The fraction of sp³-hybridized carbons (Fsp3) is 0.190. The molecule has 0 aliphatic carbocycles. The topological polar surface area (TPSA) is 85.3 Å². The Hall–Kier alpha value is -3.61. The summed E-state index contributed by atoms with van der Waals surface area (Å²) >= 11 is 0. The fourth-order valence-electron chi connectivity index (χ4n) is 2.79. The van der Waals surface area contributed by atoms with Gasteiger partial charge in [0.1, 0.15) is 5.75 Å². The molecule has 144 valence electrons. The number of rotatable bonds is 5. The van der Waals surface area contributed by atoms with Gasteiger partial charge in [-0.3, -0.25) is 20.4 Å². The molecule has 1 heterocycles. The highest BCUT2D eigenvalue weighted by Gasteiger charge is 2.10. The minimum absolute atomic E-state index is 0.191. The molecule has 2 aromatic carbocycles. The van der Waals surface area contributed by atoms with Gasteiger partial charge in [-0.25, -0.2) is 4.68 Å². The van der Waals surface area contributed by atoms with Crippen LogP contribution in [0.1, 0.15) is 27.2 Å². The largest absolute Gasteiger partial charge is 0.483 e. The zero-order valence-electron chi connectivity index (χ0n) is 16.0. The van der Waals surface area contributed by atoms with Crippen molar-refractivity contribution in [1.82, 2.24) is 20.6 Å². The molecular weight excluding hydrogens is 356 g/mol. The third-order valence-corrected chi connectivity index (χ3v) is 4.28. The second kappa shape index (κ2) is 8.39. The number of nitrogens with zero attached hydrogens (tertiary/aromatic N) is 2. The van der Waals surface area contributed by atoms with Gasteiger partial charge < -0.3 is 4.74 Å². The number of aryl methyl sites for hydroxylation is 3. The lowest BCUT2D eigenvalue weighted by molar-refractivity contribution is -0.123. The molecular formula is C21H22N4O3. The molecule has 3 rings (SSSR count). The van der Waals surface area contributed by atoms with Crippen LogP contribution in [0.15, 0.2) is 54.7 Å². The van der Waals surface area contributed by atoms with Crippen LogP contribution in [0.25, 0.3) is 5.69 Å². The quantitative estimate of drug-likeness (QED) is 0.669. The van der Waals surface area contributed by atoms with Crippen LogP contribution < -0.4 is 15.6 Å².